The van der Waals surface area contributed by atoms with Crippen LogP contribution in [0.3, 0.4) is 0 Å². The molecule has 0 unspecified atom stereocenters. The van der Waals surface area contributed by atoms with Crippen molar-refractivity contribution in [1.29, 1.82) is 0 Å². The van der Waals surface area contributed by atoms with Crippen molar-refractivity contribution in [3.05, 3.63) is 33.8 Å². The van der Waals surface area contributed by atoms with Crippen molar-refractivity contribution in [3.8, 4) is 0 Å². The maximum atomic E-state index is 6.10. The van der Waals surface area contributed by atoms with E-state index >= 15 is 0 Å². The molecule has 72 valence electrons. The summed E-state index contributed by atoms with van der Waals surface area (Å²) in [6, 6.07) is 4.14. The predicted octanol–water partition coefficient (Wildman–Crippen LogP) is 3.37. The largest absolute Gasteiger partial charge is 0.324 e. The van der Waals surface area contributed by atoms with Crippen LogP contribution in [0.25, 0.3) is 0 Å². The Morgan fingerprint density at radius 3 is 2.38 bits per heavy atom. The fourth-order valence-corrected chi connectivity index (χ4v) is 1.67. The topological polar surface area (TPSA) is 26.0 Å². The molecule has 1 nitrogen and oxygen atoms in total. The molecule has 13 heavy (non-hydrogen) atoms. The van der Waals surface area contributed by atoms with Crippen LogP contribution in [-0.4, -0.2) is 0 Å². The van der Waals surface area contributed by atoms with Gasteiger partial charge in [-0.3, -0.25) is 0 Å². The number of hydrogen-bond donors (Lipinski definition) is 1. The molecule has 0 amide bonds. The molecule has 2 N–H and O–H groups in total. The fraction of sp³-hybridized carbons (Fsp3) is 0.455. The summed E-state index contributed by atoms with van der Waals surface area (Å²) in [5.41, 5.74) is 9.46. The third-order valence-corrected chi connectivity index (χ3v) is 2.78. The number of hydrogen-bond acceptors (Lipinski definition) is 1. The first-order valence-electron chi connectivity index (χ1n) is 4.58. The zero-order chi connectivity index (χ0) is 10.0. The lowest BCUT2D eigenvalue weighted by Gasteiger charge is -2.13. The second-order valence-electron chi connectivity index (χ2n) is 3.47. The van der Waals surface area contributed by atoms with Crippen LogP contribution in [0.2, 0.25) is 5.02 Å². The maximum absolute atomic E-state index is 6.10. The molecule has 0 heterocycles. The molecular weight excluding hydrogens is 182 g/mol. The highest BCUT2D eigenvalue weighted by atomic mass is 35.5. The van der Waals surface area contributed by atoms with Gasteiger partial charge < -0.3 is 5.73 Å². The summed E-state index contributed by atoms with van der Waals surface area (Å²) in [6.45, 7) is 6.20. The van der Waals surface area contributed by atoms with Crippen LogP contribution in [0.4, 0.5) is 0 Å². The normalized spacial score (nSPS) is 13.0. The van der Waals surface area contributed by atoms with Crippen LogP contribution in [0, 0.1) is 13.8 Å². The highest BCUT2D eigenvalue weighted by Crippen LogP contribution is 2.26. The monoisotopic (exact) mass is 197 g/mol. The minimum absolute atomic E-state index is 0.0619. The van der Waals surface area contributed by atoms with Crippen molar-refractivity contribution in [2.45, 2.75) is 33.2 Å². The van der Waals surface area contributed by atoms with Gasteiger partial charge in [-0.05, 0) is 43.0 Å². The summed E-state index contributed by atoms with van der Waals surface area (Å²) in [4.78, 5) is 0. The molecule has 1 atom stereocenters. The highest BCUT2D eigenvalue weighted by molar-refractivity contribution is 6.31. The lowest BCUT2D eigenvalue weighted by molar-refractivity contribution is 0.698. The summed E-state index contributed by atoms with van der Waals surface area (Å²) in [7, 11) is 0. The molecular formula is C11H16ClN. The third kappa shape index (κ3) is 2.23. The van der Waals surface area contributed by atoms with Gasteiger partial charge in [0.25, 0.3) is 0 Å². The molecule has 0 saturated heterocycles. The van der Waals surface area contributed by atoms with Crippen molar-refractivity contribution in [1.82, 2.24) is 0 Å². The lowest BCUT2D eigenvalue weighted by atomic mass is 10.00. The smallest absolute Gasteiger partial charge is 0.0456 e. The Labute approximate surface area is 84.9 Å². The van der Waals surface area contributed by atoms with Crippen LogP contribution in [-0.2, 0) is 0 Å². The molecule has 1 aromatic rings. The average Bonchev–Trinajstić information content (AvgIpc) is 2.10. The predicted molar refractivity (Wildman–Crippen MR) is 58.1 cm³/mol. The summed E-state index contributed by atoms with van der Waals surface area (Å²) < 4.78 is 0. The molecule has 0 spiro atoms. The molecule has 0 radical (unpaired) electrons. The summed E-state index contributed by atoms with van der Waals surface area (Å²) in [6.07, 6.45) is 0.919. The van der Waals surface area contributed by atoms with Crippen LogP contribution < -0.4 is 5.73 Å². The summed E-state index contributed by atoms with van der Waals surface area (Å²) >= 11 is 6.10. The van der Waals surface area contributed by atoms with E-state index in [-0.39, 0.29) is 6.04 Å². The molecule has 0 aromatic heterocycles. The van der Waals surface area contributed by atoms with E-state index in [9.17, 15) is 0 Å². The summed E-state index contributed by atoms with van der Waals surface area (Å²) in [5, 5.41) is 0.789. The maximum Gasteiger partial charge on any atom is 0.0456 e. The van der Waals surface area contributed by atoms with E-state index in [1.165, 1.54) is 11.1 Å². The molecule has 1 aromatic carbocycles. The van der Waals surface area contributed by atoms with Crippen molar-refractivity contribution in [2.75, 3.05) is 0 Å². The van der Waals surface area contributed by atoms with E-state index < -0.39 is 0 Å². The van der Waals surface area contributed by atoms with Crippen LogP contribution in [0.15, 0.2) is 12.1 Å². The zero-order valence-electron chi connectivity index (χ0n) is 8.39. The molecule has 0 saturated carbocycles. The average molecular weight is 198 g/mol. The van der Waals surface area contributed by atoms with Crippen LogP contribution >= 0.6 is 11.6 Å². The van der Waals surface area contributed by atoms with Crippen molar-refractivity contribution >= 4 is 11.6 Å². The van der Waals surface area contributed by atoms with Gasteiger partial charge in [-0.2, -0.15) is 0 Å². The summed E-state index contributed by atoms with van der Waals surface area (Å²) in [5.74, 6) is 0. The van der Waals surface area contributed by atoms with E-state index in [0.29, 0.717) is 0 Å². The highest BCUT2D eigenvalue weighted by Gasteiger charge is 2.09. The number of nitrogens with two attached hydrogens (primary N) is 1. The number of halogens is 1. The Hall–Kier alpha value is -0.530. The number of rotatable bonds is 2. The van der Waals surface area contributed by atoms with Gasteiger partial charge in [0.1, 0.15) is 0 Å². The van der Waals surface area contributed by atoms with E-state index in [1.54, 1.807) is 0 Å². The van der Waals surface area contributed by atoms with Gasteiger partial charge in [0, 0.05) is 11.1 Å². The Kier molecular flexibility index (Phi) is 3.34. The van der Waals surface area contributed by atoms with Gasteiger partial charge >= 0.3 is 0 Å². The van der Waals surface area contributed by atoms with Crippen molar-refractivity contribution in [2.24, 2.45) is 5.73 Å². The molecule has 0 bridgehead atoms. The molecule has 1 rings (SSSR count). The van der Waals surface area contributed by atoms with Gasteiger partial charge in [0.2, 0.25) is 0 Å². The van der Waals surface area contributed by atoms with Gasteiger partial charge in [0.15, 0.2) is 0 Å². The van der Waals surface area contributed by atoms with E-state index in [0.717, 1.165) is 17.0 Å². The Balaban J connectivity index is 3.15. The first-order chi connectivity index (χ1) is 6.06. The van der Waals surface area contributed by atoms with Gasteiger partial charge in [-0.25, -0.2) is 0 Å². The van der Waals surface area contributed by atoms with E-state index in [4.69, 9.17) is 17.3 Å². The SMILES string of the molecule is CC[C@H](N)c1cc(C)c(C)cc1Cl. The Morgan fingerprint density at radius 1 is 1.31 bits per heavy atom. The van der Waals surface area contributed by atoms with Crippen LogP contribution in [0.5, 0.6) is 0 Å². The second-order valence-corrected chi connectivity index (χ2v) is 3.88. The van der Waals surface area contributed by atoms with Gasteiger partial charge in [-0.1, -0.05) is 24.6 Å². The first-order valence-corrected chi connectivity index (χ1v) is 4.96. The fourth-order valence-electron chi connectivity index (χ4n) is 1.31. The number of aryl methyl sites for hydroxylation is 2. The van der Waals surface area contributed by atoms with E-state index in [2.05, 4.69) is 26.8 Å². The molecule has 0 aliphatic carbocycles. The minimum atomic E-state index is 0.0619. The number of benzene rings is 1. The lowest BCUT2D eigenvalue weighted by Crippen LogP contribution is -2.09. The van der Waals surface area contributed by atoms with E-state index in [1.807, 2.05) is 6.07 Å². The van der Waals surface area contributed by atoms with Crippen molar-refractivity contribution in [3.63, 3.8) is 0 Å². The zero-order valence-corrected chi connectivity index (χ0v) is 9.15. The van der Waals surface area contributed by atoms with Gasteiger partial charge in [0.05, 0.1) is 0 Å². The standard InChI is InChI=1S/C11H16ClN/c1-4-11(13)9-5-7(2)8(3)6-10(9)12/h5-6,11H,4,13H2,1-3H3/t11-/m0/s1. The third-order valence-electron chi connectivity index (χ3n) is 2.45. The van der Waals surface area contributed by atoms with Crippen LogP contribution in [0.1, 0.15) is 36.1 Å². The minimum Gasteiger partial charge on any atom is -0.324 e. The first kappa shape index (κ1) is 10.6. The molecule has 2 heteroatoms. The quantitative estimate of drug-likeness (QED) is 0.773. The molecule has 0 aliphatic rings. The second kappa shape index (κ2) is 4.12. The molecule has 0 aliphatic heterocycles. The Bertz CT molecular complexity index is 307. The Morgan fingerprint density at radius 2 is 1.85 bits per heavy atom. The van der Waals surface area contributed by atoms with Gasteiger partial charge in [-0.15, -0.1) is 0 Å². The van der Waals surface area contributed by atoms with Crippen molar-refractivity contribution < 1.29 is 0 Å². The molecule has 0 fully saturated rings.